The Bertz CT molecular complexity index is 883. The lowest BCUT2D eigenvalue weighted by Gasteiger charge is -2.33. The number of piperidine rings is 1. The van der Waals surface area contributed by atoms with Crippen LogP contribution in [0.15, 0.2) is 55.1 Å². The number of carbonyl (C=O) groups excluding carboxylic acids is 1. The van der Waals surface area contributed by atoms with Gasteiger partial charge in [0, 0.05) is 51.3 Å². The molecule has 1 atom stereocenters. The van der Waals surface area contributed by atoms with Crippen LogP contribution in [0.3, 0.4) is 0 Å². The number of nitrogens with zero attached hydrogens (tertiary/aromatic N) is 5. The van der Waals surface area contributed by atoms with E-state index in [2.05, 4.69) is 14.6 Å². The zero-order valence-corrected chi connectivity index (χ0v) is 15.0. The summed E-state index contributed by atoms with van der Waals surface area (Å²) in [6, 6.07) is 9.55. The van der Waals surface area contributed by atoms with Crippen molar-refractivity contribution in [2.24, 2.45) is 13.0 Å². The van der Waals surface area contributed by atoms with Crippen molar-refractivity contribution < 1.29 is 4.79 Å². The molecule has 6 heteroatoms. The first kappa shape index (κ1) is 16.6. The Morgan fingerprint density at radius 2 is 2.08 bits per heavy atom. The quantitative estimate of drug-likeness (QED) is 0.728. The molecule has 2 aromatic heterocycles. The Labute approximate surface area is 153 Å². The van der Waals surface area contributed by atoms with Gasteiger partial charge in [-0.1, -0.05) is 12.1 Å². The van der Waals surface area contributed by atoms with Gasteiger partial charge in [-0.3, -0.25) is 4.79 Å². The molecule has 1 saturated heterocycles. The van der Waals surface area contributed by atoms with E-state index >= 15 is 0 Å². The van der Waals surface area contributed by atoms with Crippen molar-refractivity contribution in [3.63, 3.8) is 0 Å². The highest BCUT2D eigenvalue weighted by atomic mass is 16.2. The largest absolute Gasteiger partial charge is 0.338 e. The average molecular weight is 349 g/mol. The second-order valence-corrected chi connectivity index (χ2v) is 6.89. The van der Waals surface area contributed by atoms with Gasteiger partial charge in [-0.15, -0.1) is 0 Å². The molecule has 0 aliphatic carbocycles. The maximum Gasteiger partial charge on any atom is 0.256 e. The van der Waals surface area contributed by atoms with E-state index in [1.165, 1.54) is 0 Å². The number of aryl methyl sites for hydroxylation is 1. The molecular weight excluding hydrogens is 326 g/mol. The molecule has 134 valence electrons. The SMILES string of the molecule is Cn1ccnc1CC1CCCN(C(=O)c2ccccc2-n2cccn2)C1. The second-order valence-electron chi connectivity index (χ2n) is 6.89. The van der Waals surface area contributed by atoms with Crippen LogP contribution >= 0.6 is 0 Å². The molecule has 26 heavy (non-hydrogen) atoms. The fourth-order valence-electron chi connectivity index (χ4n) is 3.70. The number of hydrogen-bond acceptors (Lipinski definition) is 3. The van der Waals surface area contributed by atoms with Gasteiger partial charge in [0.25, 0.3) is 5.91 Å². The monoisotopic (exact) mass is 349 g/mol. The van der Waals surface area contributed by atoms with Crippen molar-refractivity contribution in [3.05, 3.63) is 66.5 Å². The summed E-state index contributed by atoms with van der Waals surface area (Å²) in [7, 11) is 2.02. The lowest BCUT2D eigenvalue weighted by Crippen LogP contribution is -2.41. The van der Waals surface area contributed by atoms with Crippen molar-refractivity contribution in [2.75, 3.05) is 13.1 Å². The first-order valence-electron chi connectivity index (χ1n) is 9.07. The number of hydrogen-bond donors (Lipinski definition) is 0. The van der Waals surface area contributed by atoms with Crippen LogP contribution in [0.25, 0.3) is 5.69 Å². The van der Waals surface area contributed by atoms with Crippen LogP contribution in [-0.2, 0) is 13.5 Å². The Kier molecular flexibility index (Phi) is 4.56. The molecule has 0 N–H and O–H groups in total. The molecule has 1 unspecified atom stereocenters. The zero-order chi connectivity index (χ0) is 17.9. The highest BCUT2D eigenvalue weighted by molar-refractivity contribution is 5.97. The lowest BCUT2D eigenvalue weighted by atomic mass is 9.94. The minimum absolute atomic E-state index is 0.0839. The Hall–Kier alpha value is -2.89. The second kappa shape index (κ2) is 7.15. The fraction of sp³-hybridized carbons (Fsp3) is 0.350. The van der Waals surface area contributed by atoms with Crippen LogP contribution in [0, 0.1) is 5.92 Å². The fourth-order valence-corrected chi connectivity index (χ4v) is 3.70. The van der Waals surface area contributed by atoms with E-state index in [0.717, 1.165) is 43.9 Å². The number of likely N-dealkylation sites (tertiary alicyclic amines) is 1. The van der Waals surface area contributed by atoms with Gasteiger partial charge in [0.1, 0.15) is 5.82 Å². The Morgan fingerprint density at radius 3 is 2.85 bits per heavy atom. The highest BCUT2D eigenvalue weighted by Crippen LogP contribution is 2.23. The molecule has 6 nitrogen and oxygen atoms in total. The zero-order valence-electron chi connectivity index (χ0n) is 15.0. The topological polar surface area (TPSA) is 56.0 Å². The summed E-state index contributed by atoms with van der Waals surface area (Å²) >= 11 is 0. The van der Waals surface area contributed by atoms with E-state index in [0.29, 0.717) is 11.5 Å². The van der Waals surface area contributed by atoms with Gasteiger partial charge in [0.2, 0.25) is 0 Å². The molecule has 1 aliphatic rings. The molecule has 4 rings (SSSR count). The van der Waals surface area contributed by atoms with Gasteiger partial charge in [-0.25, -0.2) is 9.67 Å². The first-order valence-corrected chi connectivity index (χ1v) is 9.07. The van der Waals surface area contributed by atoms with E-state index in [1.54, 1.807) is 10.9 Å². The number of imidazole rings is 1. The molecule has 0 saturated carbocycles. The number of para-hydroxylation sites is 1. The summed E-state index contributed by atoms with van der Waals surface area (Å²) in [4.78, 5) is 19.6. The molecule has 1 amide bonds. The van der Waals surface area contributed by atoms with Gasteiger partial charge >= 0.3 is 0 Å². The summed E-state index contributed by atoms with van der Waals surface area (Å²) in [5.74, 6) is 1.62. The summed E-state index contributed by atoms with van der Waals surface area (Å²) in [6.07, 6.45) is 10.5. The molecule has 0 bridgehead atoms. The molecule has 0 spiro atoms. The highest BCUT2D eigenvalue weighted by Gasteiger charge is 2.27. The van der Waals surface area contributed by atoms with Crippen LogP contribution in [-0.4, -0.2) is 43.2 Å². The smallest absolute Gasteiger partial charge is 0.256 e. The number of carbonyl (C=O) groups is 1. The molecule has 3 heterocycles. The number of rotatable bonds is 4. The molecule has 1 fully saturated rings. The summed E-state index contributed by atoms with van der Waals surface area (Å²) < 4.78 is 3.82. The van der Waals surface area contributed by atoms with E-state index < -0.39 is 0 Å². The van der Waals surface area contributed by atoms with E-state index in [-0.39, 0.29) is 5.91 Å². The normalized spacial score (nSPS) is 17.4. The Balaban J connectivity index is 1.53. The van der Waals surface area contributed by atoms with Crippen molar-refractivity contribution in [1.29, 1.82) is 0 Å². The van der Waals surface area contributed by atoms with Gasteiger partial charge in [-0.2, -0.15) is 5.10 Å². The van der Waals surface area contributed by atoms with Crippen LogP contribution < -0.4 is 0 Å². The third-order valence-corrected chi connectivity index (χ3v) is 5.08. The van der Waals surface area contributed by atoms with Crippen LogP contribution in [0.2, 0.25) is 0 Å². The number of benzene rings is 1. The molecule has 1 aliphatic heterocycles. The van der Waals surface area contributed by atoms with E-state index in [4.69, 9.17) is 0 Å². The average Bonchev–Trinajstić information content (AvgIpc) is 3.34. The predicted molar refractivity (Wildman–Crippen MR) is 99.1 cm³/mol. The van der Waals surface area contributed by atoms with Crippen LogP contribution in [0.1, 0.15) is 29.0 Å². The minimum Gasteiger partial charge on any atom is -0.338 e. The molecule has 0 radical (unpaired) electrons. The standard InChI is InChI=1S/C20H23N5O/c1-23-13-10-21-19(23)14-16-6-4-11-24(15-16)20(26)17-7-2-3-8-18(17)25-12-5-9-22-25/h2-3,5,7-10,12-13,16H,4,6,11,14-15H2,1H3. The minimum atomic E-state index is 0.0839. The van der Waals surface area contributed by atoms with E-state index in [1.807, 2.05) is 60.9 Å². The van der Waals surface area contributed by atoms with Crippen molar-refractivity contribution in [1.82, 2.24) is 24.2 Å². The van der Waals surface area contributed by atoms with Gasteiger partial charge < -0.3 is 9.47 Å². The lowest BCUT2D eigenvalue weighted by molar-refractivity contribution is 0.0671. The van der Waals surface area contributed by atoms with Crippen molar-refractivity contribution in [2.45, 2.75) is 19.3 Å². The third-order valence-electron chi connectivity index (χ3n) is 5.08. The van der Waals surface area contributed by atoms with Gasteiger partial charge in [-0.05, 0) is 37.0 Å². The van der Waals surface area contributed by atoms with Crippen LogP contribution in [0.5, 0.6) is 0 Å². The first-order chi connectivity index (χ1) is 12.7. The van der Waals surface area contributed by atoms with Crippen LogP contribution in [0.4, 0.5) is 0 Å². The summed E-state index contributed by atoms with van der Waals surface area (Å²) in [5.41, 5.74) is 1.53. The number of amides is 1. The summed E-state index contributed by atoms with van der Waals surface area (Å²) in [5, 5.41) is 4.28. The third kappa shape index (κ3) is 3.27. The maximum atomic E-state index is 13.2. The summed E-state index contributed by atoms with van der Waals surface area (Å²) in [6.45, 7) is 1.59. The van der Waals surface area contributed by atoms with Crippen molar-refractivity contribution >= 4 is 5.91 Å². The van der Waals surface area contributed by atoms with Gasteiger partial charge in [0.05, 0.1) is 11.3 Å². The van der Waals surface area contributed by atoms with E-state index in [9.17, 15) is 4.79 Å². The number of aromatic nitrogens is 4. The molecule has 1 aromatic carbocycles. The van der Waals surface area contributed by atoms with Crippen molar-refractivity contribution in [3.8, 4) is 5.69 Å². The molecule has 3 aromatic rings. The van der Waals surface area contributed by atoms with Gasteiger partial charge in [0.15, 0.2) is 0 Å². The molecular formula is C20H23N5O. The Morgan fingerprint density at radius 1 is 1.19 bits per heavy atom. The maximum absolute atomic E-state index is 13.2. The predicted octanol–water partition coefficient (Wildman–Crippen LogP) is 2.70.